The Bertz CT molecular complexity index is 831. The number of aromatic nitrogens is 1. The van der Waals surface area contributed by atoms with Crippen molar-refractivity contribution < 1.29 is 9.53 Å². The number of ether oxygens (including phenoxy) is 1. The van der Waals surface area contributed by atoms with Gasteiger partial charge in [0.05, 0.1) is 18.8 Å². The first-order valence-corrected chi connectivity index (χ1v) is 8.42. The average molecular weight is 341 g/mol. The molecule has 0 saturated carbocycles. The summed E-state index contributed by atoms with van der Waals surface area (Å²) in [4.78, 5) is 28.2. The maximum Gasteiger partial charge on any atom is 0.253 e. The van der Waals surface area contributed by atoms with E-state index < -0.39 is 0 Å². The molecule has 132 valence electrons. The van der Waals surface area contributed by atoms with Gasteiger partial charge in [0.1, 0.15) is 11.9 Å². The Labute approximate surface area is 147 Å². The maximum atomic E-state index is 12.6. The van der Waals surface area contributed by atoms with Gasteiger partial charge in [-0.25, -0.2) is 0 Å². The third-order valence-electron chi connectivity index (χ3n) is 4.48. The lowest BCUT2D eigenvalue weighted by atomic mass is 10.1. The average Bonchev–Trinajstić information content (AvgIpc) is 2.62. The second-order valence-electron chi connectivity index (χ2n) is 6.30. The molecule has 6 heteroatoms. The van der Waals surface area contributed by atoms with Gasteiger partial charge in [-0.2, -0.15) is 0 Å². The van der Waals surface area contributed by atoms with Crippen LogP contribution in [0.2, 0.25) is 0 Å². The van der Waals surface area contributed by atoms with Gasteiger partial charge in [0.2, 0.25) is 0 Å². The van der Waals surface area contributed by atoms with Crippen LogP contribution in [0.1, 0.15) is 17.3 Å². The number of para-hydroxylation sites is 2. The number of benzene rings is 1. The zero-order valence-corrected chi connectivity index (χ0v) is 14.8. The summed E-state index contributed by atoms with van der Waals surface area (Å²) < 4.78 is 7.50. The summed E-state index contributed by atoms with van der Waals surface area (Å²) in [5.41, 5.74) is 1.29. The Balaban J connectivity index is 1.72. The first kappa shape index (κ1) is 17.1. The van der Waals surface area contributed by atoms with E-state index in [2.05, 4.69) is 11.8 Å². The third kappa shape index (κ3) is 3.52. The lowest BCUT2D eigenvalue weighted by Gasteiger charge is -2.37. The maximum absolute atomic E-state index is 12.6. The number of fused-ring (bicyclic) bond motifs is 1. The van der Waals surface area contributed by atoms with Crippen LogP contribution >= 0.6 is 0 Å². The molecule has 0 bridgehead atoms. The van der Waals surface area contributed by atoms with Crippen molar-refractivity contribution in [3.05, 3.63) is 58.5 Å². The SMILES string of the molecule is CCN1C[C@@H](CN(C)C(=O)c2ccn(C)c(=O)c2)Oc2ccccc21. The Hall–Kier alpha value is -2.76. The van der Waals surface area contributed by atoms with Crippen LogP contribution in [-0.4, -0.2) is 48.2 Å². The number of amides is 1. The van der Waals surface area contributed by atoms with E-state index in [1.165, 1.54) is 10.6 Å². The molecule has 2 heterocycles. The minimum Gasteiger partial charge on any atom is -0.485 e. The first-order chi connectivity index (χ1) is 12.0. The quantitative estimate of drug-likeness (QED) is 0.850. The molecule has 1 aromatic carbocycles. The van der Waals surface area contributed by atoms with Gasteiger partial charge in [0.25, 0.3) is 11.5 Å². The zero-order valence-electron chi connectivity index (χ0n) is 14.8. The van der Waals surface area contributed by atoms with Crippen molar-refractivity contribution in [3.63, 3.8) is 0 Å². The molecular formula is C19H23N3O3. The summed E-state index contributed by atoms with van der Waals surface area (Å²) in [5.74, 6) is 0.665. The molecule has 0 unspecified atom stereocenters. The molecule has 25 heavy (non-hydrogen) atoms. The first-order valence-electron chi connectivity index (χ1n) is 8.42. The lowest BCUT2D eigenvalue weighted by molar-refractivity contribution is 0.0709. The van der Waals surface area contributed by atoms with Gasteiger partial charge < -0.3 is 19.1 Å². The van der Waals surface area contributed by atoms with E-state index in [0.29, 0.717) is 12.1 Å². The zero-order chi connectivity index (χ0) is 18.0. The predicted octanol–water partition coefficient (Wildman–Crippen LogP) is 1.74. The number of nitrogens with zero attached hydrogens (tertiary/aromatic N) is 3. The second kappa shape index (κ2) is 7.01. The van der Waals surface area contributed by atoms with Gasteiger partial charge in [0, 0.05) is 38.5 Å². The summed E-state index contributed by atoms with van der Waals surface area (Å²) in [7, 11) is 3.40. The fraction of sp³-hybridized carbons (Fsp3) is 0.368. The molecule has 2 aromatic rings. The fourth-order valence-electron chi connectivity index (χ4n) is 3.06. The summed E-state index contributed by atoms with van der Waals surface area (Å²) in [6.07, 6.45) is 1.49. The van der Waals surface area contributed by atoms with E-state index in [4.69, 9.17) is 4.74 Å². The number of anilines is 1. The number of carbonyl (C=O) groups is 1. The predicted molar refractivity (Wildman–Crippen MR) is 97.4 cm³/mol. The smallest absolute Gasteiger partial charge is 0.253 e. The number of aryl methyl sites for hydroxylation is 1. The summed E-state index contributed by atoms with van der Waals surface area (Å²) >= 11 is 0. The lowest BCUT2D eigenvalue weighted by Crippen LogP contribution is -2.47. The highest BCUT2D eigenvalue weighted by Crippen LogP contribution is 2.32. The summed E-state index contributed by atoms with van der Waals surface area (Å²) in [6, 6.07) is 11.0. The summed E-state index contributed by atoms with van der Waals surface area (Å²) in [5, 5.41) is 0. The molecule has 6 nitrogen and oxygen atoms in total. The minimum atomic E-state index is -0.195. The fourth-order valence-corrected chi connectivity index (χ4v) is 3.06. The van der Waals surface area contributed by atoms with Crippen LogP contribution in [-0.2, 0) is 7.05 Å². The number of hydrogen-bond donors (Lipinski definition) is 0. The number of pyridine rings is 1. The van der Waals surface area contributed by atoms with E-state index >= 15 is 0 Å². The molecule has 0 spiro atoms. The monoisotopic (exact) mass is 341 g/mol. The Morgan fingerprint density at radius 2 is 2.08 bits per heavy atom. The molecular weight excluding hydrogens is 318 g/mol. The highest BCUT2D eigenvalue weighted by Gasteiger charge is 2.27. The van der Waals surface area contributed by atoms with Gasteiger partial charge in [-0.05, 0) is 25.1 Å². The molecule has 1 aromatic heterocycles. The van der Waals surface area contributed by atoms with Gasteiger partial charge in [0.15, 0.2) is 0 Å². The topological polar surface area (TPSA) is 54.8 Å². The second-order valence-corrected chi connectivity index (χ2v) is 6.30. The number of carbonyl (C=O) groups excluding carboxylic acids is 1. The Morgan fingerprint density at radius 1 is 1.32 bits per heavy atom. The molecule has 0 radical (unpaired) electrons. The van der Waals surface area contributed by atoms with Crippen LogP contribution in [0.25, 0.3) is 0 Å². The molecule has 0 N–H and O–H groups in total. The Kier molecular flexibility index (Phi) is 4.79. The summed E-state index contributed by atoms with van der Waals surface area (Å²) in [6.45, 7) is 4.16. The van der Waals surface area contributed by atoms with Crippen molar-refractivity contribution in [1.82, 2.24) is 9.47 Å². The Morgan fingerprint density at radius 3 is 2.80 bits per heavy atom. The van der Waals surface area contributed by atoms with E-state index in [1.54, 1.807) is 31.3 Å². The van der Waals surface area contributed by atoms with Gasteiger partial charge in [-0.1, -0.05) is 12.1 Å². The van der Waals surface area contributed by atoms with Crippen molar-refractivity contribution >= 4 is 11.6 Å². The van der Waals surface area contributed by atoms with Gasteiger partial charge >= 0.3 is 0 Å². The highest BCUT2D eigenvalue weighted by molar-refractivity contribution is 5.93. The molecule has 1 aliphatic rings. The van der Waals surface area contributed by atoms with E-state index in [0.717, 1.165) is 24.5 Å². The molecule has 0 saturated heterocycles. The van der Waals surface area contributed by atoms with Crippen LogP contribution in [0.3, 0.4) is 0 Å². The van der Waals surface area contributed by atoms with Crippen LogP contribution in [0, 0.1) is 0 Å². The van der Waals surface area contributed by atoms with Crippen molar-refractivity contribution in [2.24, 2.45) is 7.05 Å². The number of hydrogen-bond acceptors (Lipinski definition) is 4. The molecule has 1 amide bonds. The molecule has 1 atom stereocenters. The molecule has 0 aliphatic carbocycles. The van der Waals surface area contributed by atoms with Crippen LogP contribution in [0.4, 0.5) is 5.69 Å². The third-order valence-corrected chi connectivity index (χ3v) is 4.48. The number of likely N-dealkylation sites (N-methyl/N-ethyl adjacent to an activating group) is 2. The number of rotatable bonds is 4. The van der Waals surface area contributed by atoms with Crippen molar-refractivity contribution in [1.29, 1.82) is 0 Å². The standard InChI is InChI=1S/C19H23N3O3/c1-4-22-13-15(25-17-8-6-5-7-16(17)22)12-21(3)19(24)14-9-10-20(2)18(23)11-14/h5-11,15H,4,12-13H2,1-3H3/t15-/m1/s1. The van der Waals surface area contributed by atoms with Crippen LogP contribution in [0.15, 0.2) is 47.4 Å². The van der Waals surface area contributed by atoms with E-state index in [-0.39, 0.29) is 17.6 Å². The minimum absolute atomic E-state index is 0.115. The molecule has 1 aliphatic heterocycles. The highest BCUT2D eigenvalue weighted by atomic mass is 16.5. The van der Waals surface area contributed by atoms with E-state index in [1.807, 2.05) is 24.3 Å². The van der Waals surface area contributed by atoms with Gasteiger partial charge in [-0.15, -0.1) is 0 Å². The molecule has 0 fully saturated rings. The molecule has 3 rings (SSSR count). The van der Waals surface area contributed by atoms with Crippen LogP contribution < -0.4 is 15.2 Å². The van der Waals surface area contributed by atoms with Crippen molar-refractivity contribution in [2.75, 3.05) is 31.6 Å². The van der Waals surface area contributed by atoms with E-state index in [9.17, 15) is 9.59 Å². The largest absolute Gasteiger partial charge is 0.485 e. The van der Waals surface area contributed by atoms with Gasteiger partial charge in [-0.3, -0.25) is 9.59 Å². The van der Waals surface area contributed by atoms with Crippen molar-refractivity contribution in [3.8, 4) is 5.75 Å². The van der Waals surface area contributed by atoms with Crippen LogP contribution in [0.5, 0.6) is 5.75 Å². The van der Waals surface area contributed by atoms with Crippen molar-refractivity contribution in [2.45, 2.75) is 13.0 Å². The normalized spacial score (nSPS) is 16.1.